The number of amides is 1. The van der Waals surface area contributed by atoms with Crippen molar-refractivity contribution in [2.24, 2.45) is 11.7 Å². The largest absolute Gasteiger partial charge is 0.349 e. The Hall–Kier alpha value is -1.66. The highest BCUT2D eigenvalue weighted by Crippen LogP contribution is 2.27. The maximum Gasteiger partial charge on any atom is 0.285 e. The van der Waals surface area contributed by atoms with Gasteiger partial charge in [-0.25, -0.2) is 0 Å². The minimum absolute atomic E-state index is 0. The first-order chi connectivity index (χ1) is 9.54. The number of nitro groups is 1. The number of nitrogens with two attached hydrogens (primary N) is 1. The molecule has 0 spiro atoms. The lowest BCUT2D eigenvalue weighted by Gasteiger charge is -2.19. The second-order valence-electron chi connectivity index (χ2n) is 5.23. The van der Waals surface area contributed by atoms with Crippen LogP contribution in [-0.4, -0.2) is 23.4 Å². The van der Waals surface area contributed by atoms with Crippen LogP contribution in [0, 0.1) is 23.0 Å². The summed E-state index contributed by atoms with van der Waals surface area (Å²) in [6.07, 6.45) is 2.91. The highest BCUT2D eigenvalue weighted by molar-refractivity contribution is 5.98. The third kappa shape index (κ3) is 3.71. The van der Waals surface area contributed by atoms with Crippen molar-refractivity contribution in [3.63, 3.8) is 0 Å². The topological polar surface area (TPSA) is 98.3 Å². The summed E-state index contributed by atoms with van der Waals surface area (Å²) in [5.41, 5.74) is 6.18. The lowest BCUT2D eigenvalue weighted by molar-refractivity contribution is -0.385. The third-order valence-electron chi connectivity index (χ3n) is 3.94. The van der Waals surface area contributed by atoms with E-state index in [1.165, 1.54) is 6.07 Å². The molecule has 6 nitrogen and oxygen atoms in total. The summed E-state index contributed by atoms with van der Waals surface area (Å²) in [4.78, 5) is 22.9. The van der Waals surface area contributed by atoms with Gasteiger partial charge in [0.1, 0.15) is 5.56 Å². The summed E-state index contributed by atoms with van der Waals surface area (Å²) >= 11 is 0. The maximum atomic E-state index is 12.3. The predicted molar refractivity (Wildman–Crippen MR) is 82.7 cm³/mol. The highest BCUT2D eigenvalue weighted by atomic mass is 35.5. The van der Waals surface area contributed by atoms with E-state index < -0.39 is 4.92 Å². The minimum atomic E-state index is -0.501. The number of carbonyl (C=O) groups is 1. The number of rotatable bonds is 4. The number of hydrogen-bond acceptors (Lipinski definition) is 4. The van der Waals surface area contributed by atoms with E-state index >= 15 is 0 Å². The normalized spacial score (nSPS) is 20.7. The zero-order chi connectivity index (χ0) is 14.7. The van der Waals surface area contributed by atoms with Crippen LogP contribution in [0.15, 0.2) is 18.2 Å². The van der Waals surface area contributed by atoms with Crippen molar-refractivity contribution in [1.82, 2.24) is 5.32 Å². The fourth-order valence-electron chi connectivity index (χ4n) is 2.84. The van der Waals surface area contributed by atoms with E-state index in [1.54, 1.807) is 19.1 Å². The Kier molecular flexibility index (Phi) is 6.11. The van der Waals surface area contributed by atoms with Gasteiger partial charge in [-0.15, -0.1) is 12.4 Å². The Balaban J connectivity index is 0.00000220. The summed E-state index contributed by atoms with van der Waals surface area (Å²) in [5.74, 6) is -0.117. The Morgan fingerprint density at radius 3 is 2.81 bits per heavy atom. The van der Waals surface area contributed by atoms with Crippen LogP contribution in [0.4, 0.5) is 5.69 Å². The summed E-state index contributed by atoms with van der Waals surface area (Å²) in [5, 5.41) is 14.0. The van der Waals surface area contributed by atoms with Crippen LogP contribution in [0.2, 0.25) is 0 Å². The molecule has 1 aliphatic carbocycles. The van der Waals surface area contributed by atoms with Gasteiger partial charge in [0.05, 0.1) is 4.92 Å². The number of benzene rings is 1. The number of carbonyl (C=O) groups excluding carboxylic acids is 1. The molecular formula is C14H20ClN3O3. The van der Waals surface area contributed by atoms with Gasteiger partial charge in [0, 0.05) is 11.6 Å². The second kappa shape index (κ2) is 7.38. The molecule has 7 heteroatoms. The average Bonchev–Trinajstić information content (AvgIpc) is 2.85. The molecule has 0 saturated heterocycles. The number of nitrogens with one attached hydrogen (secondary N) is 1. The molecule has 1 aromatic carbocycles. The van der Waals surface area contributed by atoms with Crippen molar-refractivity contribution in [1.29, 1.82) is 0 Å². The van der Waals surface area contributed by atoms with Crippen LogP contribution < -0.4 is 11.1 Å². The van der Waals surface area contributed by atoms with Gasteiger partial charge >= 0.3 is 0 Å². The van der Waals surface area contributed by atoms with Gasteiger partial charge < -0.3 is 11.1 Å². The molecule has 1 aromatic rings. The molecule has 1 saturated carbocycles. The van der Waals surface area contributed by atoms with E-state index in [9.17, 15) is 14.9 Å². The number of nitrogens with zero attached hydrogens (tertiary/aromatic N) is 1. The van der Waals surface area contributed by atoms with E-state index in [4.69, 9.17) is 5.73 Å². The molecule has 2 unspecified atom stereocenters. The van der Waals surface area contributed by atoms with Crippen LogP contribution in [-0.2, 0) is 0 Å². The number of para-hydroxylation sites is 1. The first kappa shape index (κ1) is 17.4. The summed E-state index contributed by atoms with van der Waals surface area (Å²) in [6, 6.07) is 4.81. The number of nitro benzene ring substituents is 1. The molecule has 1 amide bonds. The van der Waals surface area contributed by atoms with E-state index in [0.717, 1.165) is 19.3 Å². The molecule has 0 heterocycles. The van der Waals surface area contributed by atoms with Crippen molar-refractivity contribution >= 4 is 24.0 Å². The first-order valence-electron chi connectivity index (χ1n) is 6.79. The lowest BCUT2D eigenvalue weighted by Crippen LogP contribution is -2.40. The van der Waals surface area contributed by atoms with Crippen LogP contribution in [0.5, 0.6) is 0 Å². The fourth-order valence-corrected chi connectivity index (χ4v) is 2.84. The lowest BCUT2D eigenvalue weighted by atomic mass is 10.0. The fraction of sp³-hybridized carbons (Fsp3) is 0.500. The molecular weight excluding hydrogens is 294 g/mol. The van der Waals surface area contributed by atoms with Crippen molar-refractivity contribution in [3.8, 4) is 0 Å². The summed E-state index contributed by atoms with van der Waals surface area (Å²) < 4.78 is 0. The molecule has 116 valence electrons. The van der Waals surface area contributed by atoms with Crippen molar-refractivity contribution in [2.45, 2.75) is 32.2 Å². The zero-order valence-electron chi connectivity index (χ0n) is 11.9. The molecule has 0 aliphatic heterocycles. The SMILES string of the molecule is Cc1cccc(C(=O)NC2CCCC2CN)c1[N+](=O)[O-].Cl. The number of hydrogen-bond donors (Lipinski definition) is 2. The molecule has 3 N–H and O–H groups in total. The van der Waals surface area contributed by atoms with Gasteiger partial charge in [0.15, 0.2) is 0 Å². The molecule has 2 rings (SSSR count). The molecule has 0 aromatic heterocycles. The van der Waals surface area contributed by atoms with Crippen molar-refractivity contribution in [3.05, 3.63) is 39.4 Å². The van der Waals surface area contributed by atoms with Gasteiger partial charge in [0.2, 0.25) is 0 Å². The van der Waals surface area contributed by atoms with Gasteiger partial charge in [0.25, 0.3) is 11.6 Å². The van der Waals surface area contributed by atoms with Gasteiger partial charge in [-0.3, -0.25) is 14.9 Å². The Labute approximate surface area is 129 Å². The van der Waals surface area contributed by atoms with Crippen LogP contribution in [0.3, 0.4) is 0 Å². The standard InChI is InChI=1S/C14H19N3O3.ClH/c1-9-4-2-6-11(13(9)17(19)20)14(18)16-12-7-3-5-10(12)8-15;/h2,4,6,10,12H,3,5,7-8,15H2,1H3,(H,16,18);1H. The molecule has 0 bridgehead atoms. The Morgan fingerprint density at radius 1 is 1.48 bits per heavy atom. The summed E-state index contributed by atoms with van der Waals surface area (Å²) in [7, 11) is 0. The van der Waals surface area contributed by atoms with Crippen LogP contribution in [0.1, 0.15) is 35.2 Å². The second-order valence-corrected chi connectivity index (χ2v) is 5.23. The quantitative estimate of drug-likeness (QED) is 0.657. The first-order valence-corrected chi connectivity index (χ1v) is 6.79. The number of aryl methyl sites for hydroxylation is 1. The van der Waals surface area contributed by atoms with Crippen molar-refractivity contribution < 1.29 is 9.72 Å². The van der Waals surface area contributed by atoms with E-state index in [2.05, 4.69) is 5.32 Å². The Morgan fingerprint density at radius 2 is 2.19 bits per heavy atom. The average molecular weight is 314 g/mol. The Bertz CT molecular complexity index is 536. The maximum absolute atomic E-state index is 12.3. The van der Waals surface area contributed by atoms with Gasteiger partial charge in [-0.2, -0.15) is 0 Å². The summed E-state index contributed by atoms with van der Waals surface area (Å²) in [6.45, 7) is 2.16. The molecule has 21 heavy (non-hydrogen) atoms. The van der Waals surface area contributed by atoms with Crippen LogP contribution in [0.25, 0.3) is 0 Å². The van der Waals surface area contributed by atoms with Crippen molar-refractivity contribution in [2.75, 3.05) is 6.54 Å². The monoisotopic (exact) mass is 313 g/mol. The van der Waals surface area contributed by atoms with E-state index in [0.29, 0.717) is 12.1 Å². The van der Waals surface area contributed by atoms with Gasteiger partial charge in [-0.1, -0.05) is 18.6 Å². The van der Waals surface area contributed by atoms with E-state index in [-0.39, 0.29) is 41.5 Å². The highest BCUT2D eigenvalue weighted by Gasteiger charge is 2.30. The molecule has 1 aliphatic rings. The third-order valence-corrected chi connectivity index (χ3v) is 3.94. The molecule has 2 atom stereocenters. The van der Waals surface area contributed by atoms with E-state index in [1.807, 2.05) is 0 Å². The smallest absolute Gasteiger partial charge is 0.285 e. The zero-order valence-corrected chi connectivity index (χ0v) is 12.7. The van der Waals surface area contributed by atoms with Gasteiger partial charge in [-0.05, 0) is 38.3 Å². The number of halogens is 1. The minimum Gasteiger partial charge on any atom is -0.349 e. The predicted octanol–water partition coefficient (Wildman–Crippen LogP) is 2.18. The molecule has 1 fully saturated rings. The molecule has 0 radical (unpaired) electrons. The van der Waals surface area contributed by atoms with Crippen LogP contribution >= 0.6 is 12.4 Å².